The van der Waals surface area contributed by atoms with Gasteiger partial charge in [0.15, 0.2) is 0 Å². The number of nitro groups is 1. The summed E-state index contributed by atoms with van der Waals surface area (Å²) in [7, 11) is 0. The summed E-state index contributed by atoms with van der Waals surface area (Å²) >= 11 is 0. The first kappa shape index (κ1) is 11.2. The predicted octanol–water partition coefficient (Wildman–Crippen LogP) is 1.06. The molecule has 7 heteroatoms. The summed E-state index contributed by atoms with van der Waals surface area (Å²) in [6.45, 7) is 2.28. The maximum atomic E-state index is 10.6. The number of nitrogen functional groups attached to an aromatic ring is 1. The number of aromatic nitrogens is 1. The van der Waals surface area contributed by atoms with Crippen molar-refractivity contribution >= 4 is 11.5 Å². The van der Waals surface area contributed by atoms with Crippen LogP contribution in [0.25, 0.3) is 0 Å². The van der Waals surface area contributed by atoms with Gasteiger partial charge in [-0.25, -0.2) is 5.84 Å². The van der Waals surface area contributed by atoms with Gasteiger partial charge in [0.2, 0.25) is 0 Å². The fourth-order valence-electron chi connectivity index (χ4n) is 0.957. The third kappa shape index (κ3) is 2.78. The van der Waals surface area contributed by atoms with Crippen molar-refractivity contribution in [3.63, 3.8) is 0 Å². The van der Waals surface area contributed by atoms with Crippen LogP contribution in [0.2, 0.25) is 0 Å². The summed E-state index contributed by atoms with van der Waals surface area (Å²) < 4.78 is 5.14. The summed E-state index contributed by atoms with van der Waals surface area (Å²) in [6.07, 6.45) is 0.749. The molecule has 1 aromatic rings. The van der Waals surface area contributed by atoms with Crippen LogP contribution in [0, 0.1) is 10.1 Å². The van der Waals surface area contributed by atoms with Gasteiger partial charge in [-0.15, -0.1) is 0 Å². The molecule has 0 atom stereocenters. The third-order valence-corrected chi connectivity index (χ3v) is 1.63. The number of nitrogens with one attached hydrogen (secondary N) is 1. The van der Waals surface area contributed by atoms with Crippen molar-refractivity contribution < 1.29 is 9.66 Å². The molecule has 1 rings (SSSR count). The molecule has 0 amide bonds. The Balaban J connectivity index is 2.99. The molecule has 0 aliphatic rings. The SMILES string of the molecule is CCCOc1nc(NN)ccc1[N+](=O)[O-]. The molecule has 0 saturated heterocycles. The molecular weight excluding hydrogens is 200 g/mol. The van der Waals surface area contributed by atoms with Gasteiger partial charge < -0.3 is 10.2 Å². The minimum atomic E-state index is -0.543. The minimum Gasteiger partial charge on any atom is -0.473 e. The molecular formula is C8H12N4O3. The Kier molecular flexibility index (Phi) is 3.81. The quantitative estimate of drug-likeness (QED) is 0.429. The lowest BCUT2D eigenvalue weighted by atomic mass is 10.4. The zero-order chi connectivity index (χ0) is 11.3. The number of nitrogens with two attached hydrogens (primary N) is 1. The Labute approximate surface area is 86.4 Å². The maximum absolute atomic E-state index is 10.6. The molecule has 0 unspecified atom stereocenters. The molecule has 0 radical (unpaired) electrons. The van der Waals surface area contributed by atoms with Gasteiger partial charge in [-0.05, 0) is 12.5 Å². The first-order valence-electron chi connectivity index (χ1n) is 4.44. The lowest BCUT2D eigenvalue weighted by Gasteiger charge is -2.05. The standard InChI is InChI=1S/C8H12N4O3/c1-2-5-15-8-6(12(13)14)3-4-7(10-8)11-9/h3-4H,2,5,9H2,1H3,(H,10,11). The minimum absolute atomic E-state index is 0.0164. The van der Waals surface area contributed by atoms with Crippen LogP contribution in [0.1, 0.15) is 13.3 Å². The van der Waals surface area contributed by atoms with Gasteiger partial charge in [-0.1, -0.05) is 6.92 Å². The van der Waals surface area contributed by atoms with Crippen LogP contribution in [0.4, 0.5) is 11.5 Å². The van der Waals surface area contributed by atoms with E-state index in [-0.39, 0.29) is 11.6 Å². The lowest BCUT2D eigenvalue weighted by Crippen LogP contribution is -2.10. The van der Waals surface area contributed by atoms with Gasteiger partial charge in [0.25, 0.3) is 5.88 Å². The normalized spacial score (nSPS) is 9.73. The van der Waals surface area contributed by atoms with Crippen LogP contribution in [0.3, 0.4) is 0 Å². The lowest BCUT2D eigenvalue weighted by molar-refractivity contribution is -0.386. The van der Waals surface area contributed by atoms with Crippen LogP contribution in [0.5, 0.6) is 5.88 Å². The first-order chi connectivity index (χ1) is 7.19. The maximum Gasteiger partial charge on any atom is 0.331 e. The van der Waals surface area contributed by atoms with E-state index in [4.69, 9.17) is 10.6 Å². The molecule has 1 aromatic heterocycles. The number of hydrogen-bond acceptors (Lipinski definition) is 6. The average Bonchev–Trinajstić information content (AvgIpc) is 2.25. The van der Waals surface area contributed by atoms with Crippen molar-refractivity contribution in [2.45, 2.75) is 13.3 Å². The Morgan fingerprint density at radius 2 is 2.40 bits per heavy atom. The number of anilines is 1. The average molecular weight is 212 g/mol. The molecule has 3 N–H and O–H groups in total. The van der Waals surface area contributed by atoms with Gasteiger partial charge >= 0.3 is 5.69 Å². The highest BCUT2D eigenvalue weighted by Gasteiger charge is 2.16. The molecule has 0 fully saturated rings. The van der Waals surface area contributed by atoms with Crippen molar-refractivity contribution in [2.75, 3.05) is 12.0 Å². The first-order valence-corrected chi connectivity index (χ1v) is 4.44. The molecule has 0 bridgehead atoms. The Hall–Kier alpha value is -1.89. The highest BCUT2D eigenvalue weighted by Crippen LogP contribution is 2.25. The summed E-state index contributed by atoms with van der Waals surface area (Å²) in [5.41, 5.74) is 2.13. The zero-order valence-electron chi connectivity index (χ0n) is 8.27. The van der Waals surface area contributed by atoms with Crippen molar-refractivity contribution in [2.24, 2.45) is 5.84 Å². The van der Waals surface area contributed by atoms with E-state index in [1.165, 1.54) is 12.1 Å². The second-order valence-electron chi connectivity index (χ2n) is 2.77. The highest BCUT2D eigenvalue weighted by atomic mass is 16.6. The smallest absolute Gasteiger partial charge is 0.331 e. The third-order valence-electron chi connectivity index (χ3n) is 1.63. The summed E-state index contributed by atoms with van der Waals surface area (Å²) in [6, 6.07) is 2.71. The van der Waals surface area contributed by atoms with E-state index in [2.05, 4.69) is 10.4 Å². The van der Waals surface area contributed by atoms with Gasteiger partial charge in [-0.3, -0.25) is 10.1 Å². The second-order valence-corrected chi connectivity index (χ2v) is 2.77. The monoisotopic (exact) mass is 212 g/mol. The zero-order valence-corrected chi connectivity index (χ0v) is 8.27. The predicted molar refractivity (Wildman–Crippen MR) is 54.5 cm³/mol. The molecule has 0 aliphatic carbocycles. The van der Waals surface area contributed by atoms with Crippen molar-refractivity contribution in [3.05, 3.63) is 22.2 Å². The molecule has 7 nitrogen and oxygen atoms in total. The van der Waals surface area contributed by atoms with E-state index in [0.717, 1.165) is 6.42 Å². The number of hydrogen-bond donors (Lipinski definition) is 2. The number of nitrogens with zero attached hydrogens (tertiary/aromatic N) is 2. The van der Waals surface area contributed by atoms with E-state index < -0.39 is 4.92 Å². The Morgan fingerprint density at radius 1 is 1.67 bits per heavy atom. The van der Waals surface area contributed by atoms with Crippen LogP contribution in [-0.2, 0) is 0 Å². The molecule has 0 aromatic carbocycles. The Bertz CT molecular complexity index is 356. The summed E-state index contributed by atoms with van der Waals surface area (Å²) in [4.78, 5) is 13.9. The van der Waals surface area contributed by atoms with Crippen LogP contribution in [-0.4, -0.2) is 16.5 Å². The van der Waals surface area contributed by atoms with Crippen LogP contribution >= 0.6 is 0 Å². The van der Waals surface area contributed by atoms with E-state index >= 15 is 0 Å². The van der Waals surface area contributed by atoms with E-state index in [1.807, 2.05) is 6.92 Å². The van der Waals surface area contributed by atoms with E-state index in [0.29, 0.717) is 12.4 Å². The topological polar surface area (TPSA) is 103 Å². The molecule has 0 saturated carbocycles. The molecule has 82 valence electrons. The van der Waals surface area contributed by atoms with Crippen molar-refractivity contribution in [1.29, 1.82) is 0 Å². The van der Waals surface area contributed by atoms with Gasteiger partial charge in [-0.2, -0.15) is 4.98 Å². The van der Waals surface area contributed by atoms with Gasteiger partial charge in [0.1, 0.15) is 5.82 Å². The molecule has 15 heavy (non-hydrogen) atoms. The highest BCUT2D eigenvalue weighted by molar-refractivity contribution is 5.48. The van der Waals surface area contributed by atoms with Crippen LogP contribution < -0.4 is 16.0 Å². The number of hydrazine groups is 1. The van der Waals surface area contributed by atoms with Crippen molar-refractivity contribution in [3.8, 4) is 5.88 Å². The second kappa shape index (κ2) is 5.11. The van der Waals surface area contributed by atoms with E-state index in [1.54, 1.807) is 0 Å². The van der Waals surface area contributed by atoms with Crippen molar-refractivity contribution in [1.82, 2.24) is 4.98 Å². The van der Waals surface area contributed by atoms with Crippen LogP contribution in [0.15, 0.2) is 12.1 Å². The summed E-state index contributed by atoms with van der Waals surface area (Å²) in [5.74, 6) is 5.44. The fourth-order valence-corrected chi connectivity index (χ4v) is 0.957. The molecule has 0 spiro atoms. The van der Waals surface area contributed by atoms with Gasteiger partial charge in [0, 0.05) is 6.07 Å². The van der Waals surface area contributed by atoms with E-state index in [9.17, 15) is 10.1 Å². The molecule has 1 heterocycles. The number of pyridine rings is 1. The van der Waals surface area contributed by atoms with Gasteiger partial charge in [0.05, 0.1) is 11.5 Å². The summed E-state index contributed by atoms with van der Waals surface area (Å²) in [5, 5.41) is 10.6. The number of ether oxygens (including phenoxy) is 1. The Morgan fingerprint density at radius 3 is 2.93 bits per heavy atom. The number of rotatable bonds is 5. The fraction of sp³-hybridized carbons (Fsp3) is 0.375. The molecule has 0 aliphatic heterocycles. The largest absolute Gasteiger partial charge is 0.473 e.